The summed E-state index contributed by atoms with van der Waals surface area (Å²) < 4.78 is 31.2. The van der Waals surface area contributed by atoms with Gasteiger partial charge in [-0.1, -0.05) is 6.07 Å². The van der Waals surface area contributed by atoms with Gasteiger partial charge in [0.15, 0.2) is 6.29 Å². The predicted octanol–water partition coefficient (Wildman–Crippen LogP) is 3.87. The molecule has 0 saturated heterocycles. The zero-order chi connectivity index (χ0) is 18.0. The van der Waals surface area contributed by atoms with Gasteiger partial charge in [0.05, 0.1) is 17.0 Å². The zero-order valence-electron chi connectivity index (χ0n) is 13.6. The Hall–Kier alpha value is -3.09. The molecular formula is C18H15F2N3O2. The lowest BCUT2D eigenvalue weighted by Gasteiger charge is -2.08. The highest BCUT2D eigenvalue weighted by atomic mass is 19.3. The van der Waals surface area contributed by atoms with E-state index < -0.39 is 6.61 Å². The average molecular weight is 343 g/mol. The number of ether oxygens (including phenoxy) is 1. The average Bonchev–Trinajstić information content (AvgIpc) is 2.97. The van der Waals surface area contributed by atoms with Gasteiger partial charge in [-0.25, -0.2) is 0 Å². The lowest BCUT2D eigenvalue weighted by Crippen LogP contribution is -2.04. The Labute approximate surface area is 142 Å². The normalized spacial score (nSPS) is 10.9. The van der Waals surface area contributed by atoms with E-state index in [0.717, 1.165) is 17.0 Å². The van der Waals surface area contributed by atoms with E-state index in [1.165, 1.54) is 12.1 Å². The highest BCUT2D eigenvalue weighted by molar-refractivity contribution is 5.82. The van der Waals surface area contributed by atoms with Crippen LogP contribution in [0.4, 0.5) is 8.78 Å². The summed E-state index contributed by atoms with van der Waals surface area (Å²) in [4.78, 5) is 15.2. The molecule has 0 aliphatic carbocycles. The molecule has 0 aliphatic heterocycles. The Morgan fingerprint density at radius 2 is 1.92 bits per heavy atom. The summed E-state index contributed by atoms with van der Waals surface area (Å²) in [5.74, 6) is -0.174. The number of halogens is 2. The minimum atomic E-state index is -3.01. The van der Waals surface area contributed by atoms with E-state index in [0.29, 0.717) is 17.5 Å². The van der Waals surface area contributed by atoms with Crippen molar-refractivity contribution in [2.75, 3.05) is 0 Å². The van der Waals surface area contributed by atoms with Crippen LogP contribution in [0, 0.1) is 6.92 Å². The number of aromatic nitrogens is 3. The summed E-state index contributed by atoms with van der Waals surface area (Å²) in [5.41, 5.74) is 3.84. The molecule has 0 N–H and O–H groups in total. The summed E-state index contributed by atoms with van der Waals surface area (Å²) in [6.07, 6.45) is 2.22. The third kappa shape index (κ3) is 3.55. The van der Waals surface area contributed by atoms with Crippen LogP contribution < -0.4 is 4.74 Å². The number of aldehydes is 1. The summed E-state index contributed by atoms with van der Waals surface area (Å²) >= 11 is 0. The summed E-state index contributed by atoms with van der Waals surface area (Å²) in [5, 5.41) is 4.41. The van der Waals surface area contributed by atoms with E-state index in [9.17, 15) is 13.6 Å². The number of carbonyl (C=O) groups is 1. The first-order chi connectivity index (χ1) is 12.0. The second kappa shape index (κ2) is 6.80. The molecule has 0 fully saturated rings. The first kappa shape index (κ1) is 16.8. The molecule has 25 heavy (non-hydrogen) atoms. The van der Waals surface area contributed by atoms with E-state index in [2.05, 4.69) is 14.8 Å². The van der Waals surface area contributed by atoms with E-state index in [1.54, 1.807) is 24.0 Å². The van der Waals surface area contributed by atoms with Crippen molar-refractivity contribution in [2.45, 2.75) is 13.5 Å². The molecular weight excluding hydrogens is 328 g/mol. The third-order valence-corrected chi connectivity index (χ3v) is 3.74. The maximum atomic E-state index is 12.5. The molecule has 0 bridgehead atoms. The van der Waals surface area contributed by atoms with Gasteiger partial charge in [0, 0.05) is 30.1 Å². The van der Waals surface area contributed by atoms with Crippen molar-refractivity contribution < 1.29 is 18.3 Å². The molecule has 0 spiro atoms. The van der Waals surface area contributed by atoms with Crippen molar-refractivity contribution in [3.63, 3.8) is 0 Å². The topological polar surface area (TPSA) is 57.0 Å². The zero-order valence-corrected chi connectivity index (χ0v) is 13.6. The van der Waals surface area contributed by atoms with Gasteiger partial charge in [0.2, 0.25) is 0 Å². The second-order valence-corrected chi connectivity index (χ2v) is 5.48. The largest absolute Gasteiger partial charge is 0.434 e. The second-order valence-electron chi connectivity index (χ2n) is 5.48. The van der Waals surface area contributed by atoms with Gasteiger partial charge in [-0.05, 0) is 37.3 Å². The van der Waals surface area contributed by atoms with Crippen LogP contribution in [0.15, 0.2) is 42.6 Å². The fraction of sp³-hybridized carbons (Fsp3) is 0.167. The third-order valence-electron chi connectivity index (χ3n) is 3.74. The number of benzene rings is 1. The Morgan fingerprint density at radius 1 is 1.16 bits per heavy atom. The van der Waals surface area contributed by atoms with Gasteiger partial charge in [-0.2, -0.15) is 13.9 Å². The number of hydrogen-bond donors (Lipinski definition) is 0. The van der Waals surface area contributed by atoms with Crippen LogP contribution in [-0.2, 0) is 7.05 Å². The van der Waals surface area contributed by atoms with E-state index in [-0.39, 0.29) is 11.3 Å². The number of aryl methyl sites for hydroxylation is 2. The van der Waals surface area contributed by atoms with Gasteiger partial charge in [0.1, 0.15) is 5.75 Å². The van der Waals surface area contributed by atoms with Crippen LogP contribution in [0.2, 0.25) is 0 Å². The van der Waals surface area contributed by atoms with Crippen LogP contribution in [0.3, 0.4) is 0 Å². The van der Waals surface area contributed by atoms with Crippen LogP contribution in [0.25, 0.3) is 22.5 Å². The van der Waals surface area contributed by atoms with E-state index in [4.69, 9.17) is 0 Å². The van der Waals surface area contributed by atoms with Gasteiger partial charge in [0.25, 0.3) is 0 Å². The van der Waals surface area contributed by atoms with E-state index >= 15 is 0 Å². The SMILES string of the molecule is Cc1ccc(-c2cc(-c3ccc(C=O)c(OC(F)F)c3)nn2C)cn1. The van der Waals surface area contributed by atoms with Crippen molar-refractivity contribution in [3.05, 3.63) is 53.9 Å². The van der Waals surface area contributed by atoms with Crippen molar-refractivity contribution in [2.24, 2.45) is 7.05 Å². The molecule has 0 amide bonds. The number of hydrogen-bond acceptors (Lipinski definition) is 4. The first-order valence-corrected chi connectivity index (χ1v) is 7.49. The van der Waals surface area contributed by atoms with Crippen LogP contribution in [0.5, 0.6) is 5.75 Å². The Kier molecular flexibility index (Phi) is 4.56. The molecule has 3 rings (SSSR count). The molecule has 128 valence electrons. The van der Waals surface area contributed by atoms with Crippen molar-refractivity contribution >= 4 is 6.29 Å². The van der Waals surface area contributed by atoms with Gasteiger partial charge in [-0.15, -0.1) is 0 Å². The number of rotatable bonds is 5. The summed E-state index contributed by atoms with van der Waals surface area (Å²) in [6, 6.07) is 10.1. The molecule has 0 saturated carbocycles. The van der Waals surface area contributed by atoms with Gasteiger partial charge in [-0.3, -0.25) is 14.5 Å². The molecule has 2 heterocycles. The van der Waals surface area contributed by atoms with E-state index in [1.807, 2.05) is 25.1 Å². The lowest BCUT2D eigenvalue weighted by atomic mass is 10.1. The van der Waals surface area contributed by atoms with Gasteiger partial charge < -0.3 is 4.74 Å². The Balaban J connectivity index is 2.01. The standard InChI is InChI=1S/C18H15F2N3O2/c1-11-3-4-13(9-21-11)16-8-15(22-23(16)2)12-5-6-14(10-24)17(7-12)25-18(19)20/h3-10,18H,1-2H3. The van der Waals surface area contributed by atoms with Crippen molar-refractivity contribution in [1.82, 2.24) is 14.8 Å². The van der Waals surface area contributed by atoms with Crippen LogP contribution >= 0.6 is 0 Å². The minimum Gasteiger partial charge on any atom is -0.434 e. The quantitative estimate of drug-likeness (QED) is 0.660. The molecule has 0 radical (unpaired) electrons. The van der Waals surface area contributed by atoms with Gasteiger partial charge >= 0.3 is 6.61 Å². The minimum absolute atomic E-state index is 0.0583. The predicted molar refractivity (Wildman–Crippen MR) is 88.6 cm³/mol. The fourth-order valence-electron chi connectivity index (χ4n) is 2.49. The number of carbonyl (C=O) groups excluding carboxylic acids is 1. The molecule has 0 unspecified atom stereocenters. The summed E-state index contributed by atoms with van der Waals surface area (Å²) in [7, 11) is 1.79. The molecule has 0 atom stereocenters. The van der Waals surface area contributed by atoms with Crippen LogP contribution in [0.1, 0.15) is 16.1 Å². The molecule has 0 aliphatic rings. The molecule has 7 heteroatoms. The molecule has 2 aromatic heterocycles. The maximum absolute atomic E-state index is 12.5. The molecule has 3 aromatic rings. The van der Waals surface area contributed by atoms with Crippen molar-refractivity contribution in [1.29, 1.82) is 0 Å². The lowest BCUT2D eigenvalue weighted by molar-refractivity contribution is -0.0500. The Bertz CT molecular complexity index is 905. The summed E-state index contributed by atoms with van der Waals surface area (Å²) in [6.45, 7) is -1.11. The Morgan fingerprint density at radius 3 is 2.56 bits per heavy atom. The molecule has 1 aromatic carbocycles. The highest BCUT2D eigenvalue weighted by Gasteiger charge is 2.14. The fourth-order valence-corrected chi connectivity index (χ4v) is 2.49. The van der Waals surface area contributed by atoms with Crippen LogP contribution in [-0.4, -0.2) is 27.7 Å². The number of nitrogens with zero attached hydrogens (tertiary/aromatic N) is 3. The monoisotopic (exact) mass is 343 g/mol. The number of alkyl halides is 2. The maximum Gasteiger partial charge on any atom is 0.387 e. The first-order valence-electron chi connectivity index (χ1n) is 7.49. The highest BCUT2D eigenvalue weighted by Crippen LogP contribution is 2.30. The smallest absolute Gasteiger partial charge is 0.387 e. The van der Waals surface area contributed by atoms with Crippen molar-refractivity contribution in [3.8, 4) is 28.3 Å². The number of pyridine rings is 1. The molecule has 5 nitrogen and oxygen atoms in total.